The van der Waals surface area contributed by atoms with Gasteiger partial charge in [-0.25, -0.2) is 8.42 Å². The number of sulfonamides is 1. The zero-order chi connectivity index (χ0) is 11.6. The van der Waals surface area contributed by atoms with E-state index >= 15 is 0 Å². The van der Waals surface area contributed by atoms with Gasteiger partial charge in [-0.05, 0) is 37.5 Å². The third-order valence-electron chi connectivity index (χ3n) is 2.60. The number of halogens is 1. The summed E-state index contributed by atoms with van der Waals surface area (Å²) >= 11 is 5.80. The van der Waals surface area contributed by atoms with E-state index in [9.17, 15) is 8.42 Å². The summed E-state index contributed by atoms with van der Waals surface area (Å²) in [6.07, 6.45) is 3.75. The number of nitrogens with zero attached hydrogens (tertiary/aromatic N) is 1. The van der Waals surface area contributed by atoms with Gasteiger partial charge in [0, 0.05) is 18.1 Å². The Labute approximate surface area is 101 Å². The summed E-state index contributed by atoms with van der Waals surface area (Å²) in [4.78, 5) is 0.280. The first-order chi connectivity index (χ1) is 7.60. The molecule has 1 saturated heterocycles. The van der Waals surface area contributed by atoms with Crippen molar-refractivity contribution in [1.29, 1.82) is 0 Å². The lowest BCUT2D eigenvalue weighted by Crippen LogP contribution is -2.35. The van der Waals surface area contributed by atoms with Gasteiger partial charge in [0.2, 0.25) is 10.0 Å². The molecule has 0 saturated carbocycles. The maximum atomic E-state index is 12.2. The summed E-state index contributed by atoms with van der Waals surface area (Å²) < 4.78 is 25.9. The zero-order valence-electron chi connectivity index (χ0n) is 8.77. The fourth-order valence-electron chi connectivity index (χ4n) is 1.74. The van der Waals surface area contributed by atoms with Crippen molar-refractivity contribution < 1.29 is 8.42 Å². The van der Waals surface area contributed by atoms with Gasteiger partial charge in [-0.15, -0.1) is 0 Å². The van der Waals surface area contributed by atoms with E-state index in [2.05, 4.69) is 6.42 Å². The third kappa shape index (κ3) is 2.39. The second kappa shape index (κ2) is 4.73. The van der Waals surface area contributed by atoms with Crippen molar-refractivity contribution in [3.8, 4) is 0 Å². The molecule has 0 aromatic heterocycles. The lowest BCUT2D eigenvalue weighted by molar-refractivity contribution is 0.384. The molecule has 1 fully saturated rings. The largest absolute Gasteiger partial charge is 0.243 e. The molecule has 0 spiro atoms. The highest BCUT2D eigenvalue weighted by molar-refractivity contribution is 7.89. The molecule has 0 bridgehead atoms. The summed E-state index contributed by atoms with van der Waals surface area (Å²) in [5, 5.41) is 0.449. The van der Waals surface area contributed by atoms with Crippen LogP contribution in [0, 0.1) is 6.42 Å². The maximum Gasteiger partial charge on any atom is 0.243 e. The van der Waals surface area contributed by atoms with Gasteiger partial charge in [-0.3, -0.25) is 0 Å². The fourth-order valence-corrected chi connectivity index (χ4v) is 3.51. The monoisotopic (exact) mass is 258 g/mol. The molecule has 1 aromatic carbocycles. The first kappa shape index (κ1) is 11.9. The van der Waals surface area contributed by atoms with E-state index in [0.29, 0.717) is 18.1 Å². The average molecular weight is 259 g/mol. The number of piperidine rings is 1. The first-order valence-corrected chi connectivity index (χ1v) is 7.00. The van der Waals surface area contributed by atoms with E-state index < -0.39 is 10.0 Å². The van der Waals surface area contributed by atoms with Crippen LogP contribution in [0.25, 0.3) is 0 Å². The maximum absolute atomic E-state index is 12.2. The predicted octanol–water partition coefficient (Wildman–Crippen LogP) is 2.33. The standard InChI is InChI=1S/C11H13ClNO2S/c12-10-5-4-6-11(9-10)16(14,15)13-7-2-1-3-8-13/h1,4-6,9H,2-3,7-8H2. The van der Waals surface area contributed by atoms with Crippen molar-refractivity contribution in [2.75, 3.05) is 13.1 Å². The normalized spacial score (nSPS) is 18.6. The van der Waals surface area contributed by atoms with Gasteiger partial charge in [0.1, 0.15) is 0 Å². The number of rotatable bonds is 2. The molecule has 0 amide bonds. The third-order valence-corrected chi connectivity index (χ3v) is 4.73. The Hall–Kier alpha value is -0.580. The molecular formula is C11H13ClNO2S. The topological polar surface area (TPSA) is 37.4 Å². The first-order valence-electron chi connectivity index (χ1n) is 5.18. The zero-order valence-corrected chi connectivity index (χ0v) is 10.3. The van der Waals surface area contributed by atoms with E-state index in [1.165, 1.54) is 10.4 Å². The summed E-state index contributed by atoms with van der Waals surface area (Å²) in [5.74, 6) is 0. The van der Waals surface area contributed by atoms with Crippen molar-refractivity contribution in [3.63, 3.8) is 0 Å². The number of hydrogen-bond donors (Lipinski definition) is 0. The quantitative estimate of drug-likeness (QED) is 0.817. The van der Waals surface area contributed by atoms with Crippen LogP contribution in [0.15, 0.2) is 29.2 Å². The van der Waals surface area contributed by atoms with Gasteiger partial charge in [0.25, 0.3) is 0 Å². The van der Waals surface area contributed by atoms with E-state index in [4.69, 9.17) is 11.6 Å². The number of hydrogen-bond acceptors (Lipinski definition) is 2. The smallest absolute Gasteiger partial charge is 0.207 e. The second-order valence-electron chi connectivity index (χ2n) is 3.73. The van der Waals surface area contributed by atoms with Gasteiger partial charge < -0.3 is 0 Å². The molecule has 1 radical (unpaired) electrons. The number of benzene rings is 1. The van der Waals surface area contributed by atoms with Gasteiger partial charge >= 0.3 is 0 Å². The van der Waals surface area contributed by atoms with Gasteiger partial charge in [-0.2, -0.15) is 4.31 Å². The Bertz CT molecular complexity index is 467. The van der Waals surface area contributed by atoms with Crippen LogP contribution in [0.2, 0.25) is 5.02 Å². The SMILES string of the molecule is O=S(=O)(c1cccc(Cl)c1)N1CC[CH]CC1. The van der Waals surface area contributed by atoms with Crippen LogP contribution < -0.4 is 0 Å². The molecule has 1 aliphatic heterocycles. The van der Waals surface area contributed by atoms with E-state index in [0.717, 1.165) is 12.8 Å². The van der Waals surface area contributed by atoms with Crippen LogP contribution in [-0.2, 0) is 10.0 Å². The van der Waals surface area contributed by atoms with Gasteiger partial charge in [0.05, 0.1) is 4.90 Å². The summed E-state index contributed by atoms with van der Waals surface area (Å²) in [6, 6.07) is 6.41. The highest BCUT2D eigenvalue weighted by atomic mass is 35.5. The molecule has 0 atom stereocenters. The van der Waals surface area contributed by atoms with E-state index in [-0.39, 0.29) is 4.90 Å². The Morgan fingerprint density at radius 1 is 1.19 bits per heavy atom. The Morgan fingerprint density at radius 2 is 1.88 bits per heavy atom. The van der Waals surface area contributed by atoms with Crippen LogP contribution in [0.3, 0.4) is 0 Å². The van der Waals surface area contributed by atoms with Crippen LogP contribution in [0.1, 0.15) is 12.8 Å². The van der Waals surface area contributed by atoms with Crippen molar-refractivity contribution in [3.05, 3.63) is 35.7 Å². The van der Waals surface area contributed by atoms with Crippen LogP contribution in [0.5, 0.6) is 0 Å². The summed E-state index contributed by atoms with van der Waals surface area (Å²) in [6.45, 7) is 1.13. The summed E-state index contributed by atoms with van der Waals surface area (Å²) in [5.41, 5.74) is 0. The Kier molecular flexibility index (Phi) is 3.52. The minimum Gasteiger partial charge on any atom is -0.207 e. The molecule has 3 nitrogen and oxygen atoms in total. The van der Waals surface area contributed by atoms with Gasteiger partial charge in [0.15, 0.2) is 0 Å². The van der Waals surface area contributed by atoms with Crippen LogP contribution >= 0.6 is 11.6 Å². The molecule has 1 aromatic rings. The molecule has 87 valence electrons. The lowest BCUT2D eigenvalue weighted by Gasteiger charge is -2.25. The molecule has 2 rings (SSSR count). The lowest BCUT2D eigenvalue weighted by atomic mass is 10.2. The minimum absolute atomic E-state index is 0.280. The highest BCUT2D eigenvalue weighted by Gasteiger charge is 2.25. The molecule has 5 heteroatoms. The molecule has 0 unspecified atom stereocenters. The van der Waals surface area contributed by atoms with Crippen molar-refractivity contribution >= 4 is 21.6 Å². The van der Waals surface area contributed by atoms with Crippen LogP contribution in [-0.4, -0.2) is 25.8 Å². The highest BCUT2D eigenvalue weighted by Crippen LogP contribution is 2.22. The molecule has 0 N–H and O–H groups in total. The van der Waals surface area contributed by atoms with E-state index in [1.54, 1.807) is 18.2 Å². The fraction of sp³-hybridized carbons (Fsp3) is 0.364. The molecule has 16 heavy (non-hydrogen) atoms. The molecule has 0 aliphatic carbocycles. The van der Waals surface area contributed by atoms with Crippen molar-refractivity contribution in [1.82, 2.24) is 4.31 Å². The summed E-state index contributed by atoms with van der Waals surface area (Å²) in [7, 11) is -3.36. The predicted molar refractivity (Wildman–Crippen MR) is 63.7 cm³/mol. The minimum atomic E-state index is -3.36. The Balaban J connectivity index is 2.30. The second-order valence-corrected chi connectivity index (χ2v) is 6.10. The molecule has 1 heterocycles. The average Bonchev–Trinajstić information content (AvgIpc) is 2.30. The van der Waals surface area contributed by atoms with Crippen molar-refractivity contribution in [2.24, 2.45) is 0 Å². The molecular weight excluding hydrogens is 246 g/mol. The molecule has 1 aliphatic rings. The van der Waals surface area contributed by atoms with Gasteiger partial charge in [-0.1, -0.05) is 17.7 Å². The van der Waals surface area contributed by atoms with Crippen molar-refractivity contribution in [2.45, 2.75) is 17.7 Å². The van der Waals surface area contributed by atoms with Crippen LogP contribution in [0.4, 0.5) is 0 Å². The Morgan fingerprint density at radius 3 is 2.50 bits per heavy atom. The van der Waals surface area contributed by atoms with E-state index in [1.807, 2.05) is 0 Å².